The second kappa shape index (κ2) is 4.26. The van der Waals surface area contributed by atoms with Crippen molar-refractivity contribution in [3.63, 3.8) is 0 Å². The molecular weight excluding hydrogens is 218 g/mol. The van der Waals surface area contributed by atoms with E-state index in [0.717, 1.165) is 27.6 Å². The Morgan fingerprint density at radius 3 is 2.72 bits per heavy atom. The number of hydrogen-bond acceptors (Lipinski definition) is 1. The molecule has 0 bridgehead atoms. The SMILES string of the molecule is [2H]C([2H])([2H])c1cc(C)cc(-c2nccc3ccccc23)c1. The third-order valence-corrected chi connectivity index (χ3v) is 3.02. The van der Waals surface area contributed by atoms with Crippen LogP contribution in [0.25, 0.3) is 22.0 Å². The fourth-order valence-corrected chi connectivity index (χ4v) is 2.27. The van der Waals surface area contributed by atoms with Gasteiger partial charge in [0, 0.05) is 21.3 Å². The highest BCUT2D eigenvalue weighted by Gasteiger charge is 2.05. The van der Waals surface area contributed by atoms with Gasteiger partial charge in [-0.1, -0.05) is 41.5 Å². The molecule has 0 amide bonds. The second-order valence-electron chi connectivity index (χ2n) is 4.47. The van der Waals surface area contributed by atoms with Gasteiger partial charge in [0.15, 0.2) is 0 Å². The number of nitrogens with zero attached hydrogens (tertiary/aromatic N) is 1. The van der Waals surface area contributed by atoms with Crippen LogP contribution in [-0.2, 0) is 0 Å². The molecule has 3 aromatic rings. The number of fused-ring (bicyclic) bond motifs is 1. The lowest BCUT2D eigenvalue weighted by Gasteiger charge is -2.07. The van der Waals surface area contributed by atoms with Gasteiger partial charge in [-0.15, -0.1) is 0 Å². The largest absolute Gasteiger partial charge is 0.256 e. The van der Waals surface area contributed by atoms with Crippen molar-refractivity contribution in [1.82, 2.24) is 4.98 Å². The Labute approximate surface area is 111 Å². The fourth-order valence-electron chi connectivity index (χ4n) is 2.27. The molecule has 0 atom stereocenters. The first-order valence-electron chi connectivity index (χ1n) is 7.41. The monoisotopic (exact) mass is 236 g/mol. The molecule has 18 heavy (non-hydrogen) atoms. The molecule has 0 aliphatic rings. The van der Waals surface area contributed by atoms with Crippen molar-refractivity contribution >= 4 is 10.8 Å². The molecule has 1 heterocycles. The van der Waals surface area contributed by atoms with Gasteiger partial charge < -0.3 is 0 Å². The van der Waals surface area contributed by atoms with Crippen LogP contribution in [0.5, 0.6) is 0 Å². The molecule has 1 heteroatoms. The van der Waals surface area contributed by atoms with E-state index < -0.39 is 6.85 Å². The summed E-state index contributed by atoms with van der Waals surface area (Å²) in [6, 6.07) is 15.3. The predicted octanol–water partition coefficient (Wildman–Crippen LogP) is 4.52. The highest BCUT2D eigenvalue weighted by molar-refractivity contribution is 5.94. The number of aromatic nitrogens is 1. The summed E-state index contributed by atoms with van der Waals surface area (Å²) in [5, 5.41) is 2.13. The molecule has 0 unspecified atom stereocenters. The summed E-state index contributed by atoms with van der Waals surface area (Å²) in [4.78, 5) is 4.46. The molecule has 3 rings (SSSR count). The number of rotatable bonds is 1. The average molecular weight is 236 g/mol. The molecule has 0 saturated carbocycles. The molecular formula is C17H15N. The number of aryl methyl sites for hydroxylation is 2. The molecule has 0 spiro atoms. The zero-order valence-electron chi connectivity index (χ0n) is 13.1. The maximum absolute atomic E-state index is 7.60. The van der Waals surface area contributed by atoms with Crippen LogP contribution in [0.4, 0.5) is 0 Å². The Morgan fingerprint density at radius 1 is 1.00 bits per heavy atom. The first-order valence-corrected chi connectivity index (χ1v) is 5.91. The minimum atomic E-state index is -2.11. The Balaban J connectivity index is 2.26. The molecule has 2 aromatic carbocycles. The van der Waals surface area contributed by atoms with Gasteiger partial charge in [-0.3, -0.25) is 4.98 Å². The third kappa shape index (κ3) is 1.88. The van der Waals surface area contributed by atoms with Crippen molar-refractivity contribution in [3.8, 4) is 11.3 Å². The summed E-state index contributed by atoms with van der Waals surface area (Å²) in [6.45, 7) is -0.199. The lowest BCUT2D eigenvalue weighted by atomic mass is 10.0. The van der Waals surface area contributed by atoms with Gasteiger partial charge in [0.05, 0.1) is 5.69 Å². The molecule has 0 aliphatic heterocycles. The summed E-state index contributed by atoms with van der Waals surface area (Å²) in [7, 11) is 0. The number of pyridine rings is 1. The van der Waals surface area contributed by atoms with E-state index in [0.29, 0.717) is 5.56 Å². The Hall–Kier alpha value is -2.15. The zero-order valence-corrected chi connectivity index (χ0v) is 10.1. The quantitative estimate of drug-likeness (QED) is 0.605. The number of hydrogen-bond donors (Lipinski definition) is 0. The number of benzene rings is 2. The second-order valence-corrected chi connectivity index (χ2v) is 4.47. The lowest BCUT2D eigenvalue weighted by molar-refractivity contribution is 1.32. The minimum Gasteiger partial charge on any atom is -0.256 e. The van der Waals surface area contributed by atoms with E-state index in [4.69, 9.17) is 4.11 Å². The Bertz CT molecular complexity index is 801. The Kier molecular flexibility index (Phi) is 1.90. The van der Waals surface area contributed by atoms with E-state index in [9.17, 15) is 0 Å². The van der Waals surface area contributed by atoms with E-state index in [1.807, 2.05) is 43.3 Å². The highest BCUT2D eigenvalue weighted by Crippen LogP contribution is 2.27. The van der Waals surface area contributed by atoms with Crippen molar-refractivity contribution in [1.29, 1.82) is 0 Å². The van der Waals surface area contributed by atoms with Crippen LogP contribution in [0.2, 0.25) is 0 Å². The smallest absolute Gasteiger partial charge is 0.0780 e. The van der Waals surface area contributed by atoms with Crippen LogP contribution in [0.1, 0.15) is 15.2 Å². The van der Waals surface area contributed by atoms with Gasteiger partial charge in [-0.25, -0.2) is 0 Å². The Morgan fingerprint density at radius 2 is 1.83 bits per heavy atom. The molecule has 88 valence electrons. The van der Waals surface area contributed by atoms with E-state index in [1.54, 1.807) is 18.3 Å². The molecule has 1 aromatic heterocycles. The van der Waals surface area contributed by atoms with Gasteiger partial charge in [0.1, 0.15) is 0 Å². The molecule has 1 nitrogen and oxygen atoms in total. The van der Waals surface area contributed by atoms with E-state index >= 15 is 0 Å². The first-order chi connectivity index (χ1) is 9.95. The van der Waals surface area contributed by atoms with Gasteiger partial charge in [-0.2, -0.15) is 0 Å². The van der Waals surface area contributed by atoms with E-state index in [1.165, 1.54) is 0 Å². The molecule has 0 radical (unpaired) electrons. The zero-order chi connectivity index (χ0) is 15.0. The van der Waals surface area contributed by atoms with E-state index in [2.05, 4.69) is 4.98 Å². The predicted molar refractivity (Wildman–Crippen MR) is 76.7 cm³/mol. The lowest BCUT2D eigenvalue weighted by Crippen LogP contribution is -1.88. The average Bonchev–Trinajstić information content (AvgIpc) is 2.45. The van der Waals surface area contributed by atoms with Crippen molar-refractivity contribution in [2.24, 2.45) is 0 Å². The standard InChI is InChI=1S/C17H15N/c1-12-9-13(2)11-15(10-12)17-16-6-4-3-5-14(16)7-8-18-17/h3-11H,1-2H3/i1D3. The van der Waals surface area contributed by atoms with Gasteiger partial charge in [0.25, 0.3) is 0 Å². The van der Waals surface area contributed by atoms with Crippen molar-refractivity contribution < 1.29 is 4.11 Å². The van der Waals surface area contributed by atoms with Crippen LogP contribution < -0.4 is 0 Å². The normalized spacial score (nSPS) is 13.9. The van der Waals surface area contributed by atoms with Crippen molar-refractivity contribution in [3.05, 3.63) is 65.9 Å². The fraction of sp³-hybridized carbons (Fsp3) is 0.118. The van der Waals surface area contributed by atoms with Crippen LogP contribution >= 0.6 is 0 Å². The highest BCUT2D eigenvalue weighted by atomic mass is 14.7. The van der Waals surface area contributed by atoms with Crippen LogP contribution in [0, 0.1) is 13.8 Å². The van der Waals surface area contributed by atoms with Gasteiger partial charge in [-0.05, 0) is 37.4 Å². The van der Waals surface area contributed by atoms with Crippen LogP contribution in [-0.4, -0.2) is 4.98 Å². The minimum absolute atomic E-state index is 0.354. The van der Waals surface area contributed by atoms with Crippen molar-refractivity contribution in [2.45, 2.75) is 13.8 Å². The van der Waals surface area contributed by atoms with E-state index in [-0.39, 0.29) is 0 Å². The van der Waals surface area contributed by atoms with Crippen LogP contribution in [0.15, 0.2) is 54.7 Å². The summed E-state index contributed by atoms with van der Waals surface area (Å²) in [5.41, 5.74) is 2.95. The topological polar surface area (TPSA) is 12.9 Å². The van der Waals surface area contributed by atoms with Gasteiger partial charge in [0.2, 0.25) is 0 Å². The summed E-state index contributed by atoms with van der Waals surface area (Å²) >= 11 is 0. The maximum Gasteiger partial charge on any atom is 0.0780 e. The summed E-state index contributed by atoms with van der Waals surface area (Å²) in [5.74, 6) is 0. The molecule has 0 aliphatic carbocycles. The van der Waals surface area contributed by atoms with Crippen LogP contribution in [0.3, 0.4) is 0 Å². The third-order valence-electron chi connectivity index (χ3n) is 3.02. The summed E-state index contributed by atoms with van der Waals surface area (Å²) in [6.07, 6.45) is 1.76. The van der Waals surface area contributed by atoms with Gasteiger partial charge >= 0.3 is 0 Å². The maximum atomic E-state index is 7.60. The van der Waals surface area contributed by atoms with Crippen molar-refractivity contribution in [2.75, 3.05) is 0 Å². The molecule has 0 fully saturated rings. The first kappa shape index (κ1) is 8.04. The molecule has 0 saturated heterocycles. The molecule has 0 N–H and O–H groups in total. The summed E-state index contributed by atoms with van der Waals surface area (Å²) < 4.78 is 22.8.